The summed E-state index contributed by atoms with van der Waals surface area (Å²) in [4.78, 5) is 28.1. The van der Waals surface area contributed by atoms with E-state index in [2.05, 4.69) is 19.5 Å². The van der Waals surface area contributed by atoms with E-state index in [0.29, 0.717) is 24.7 Å². The molecule has 4 heterocycles. The highest BCUT2D eigenvalue weighted by molar-refractivity contribution is 5.96. The molecule has 0 bridgehead atoms. The first-order valence-electron chi connectivity index (χ1n) is 8.84. The number of fused-ring (bicyclic) bond motifs is 2. The second-order valence-corrected chi connectivity index (χ2v) is 6.93. The standard InChI is InChI=1S/C19H19N5O/c25-19(23-10-13-4-3-7-20-17(13)11-23)14-8-16-18(21-9-14)24(12-22-16)15-5-1-2-6-15/h3-4,7-9,12,15H,1-2,5-6,10-11H2. The molecule has 1 fully saturated rings. The number of carbonyl (C=O) groups is 1. The molecule has 1 saturated carbocycles. The first-order valence-corrected chi connectivity index (χ1v) is 8.84. The second kappa shape index (κ2) is 5.65. The maximum Gasteiger partial charge on any atom is 0.256 e. The Labute approximate surface area is 145 Å². The average Bonchev–Trinajstić information content (AvgIpc) is 3.37. The normalized spacial score (nSPS) is 17.4. The minimum Gasteiger partial charge on any atom is -0.328 e. The fourth-order valence-electron chi connectivity index (χ4n) is 4.01. The summed E-state index contributed by atoms with van der Waals surface area (Å²) in [6.45, 7) is 1.17. The highest BCUT2D eigenvalue weighted by atomic mass is 16.2. The van der Waals surface area contributed by atoms with Gasteiger partial charge in [0.2, 0.25) is 0 Å². The van der Waals surface area contributed by atoms with Crippen molar-refractivity contribution in [2.24, 2.45) is 0 Å². The molecule has 6 heteroatoms. The van der Waals surface area contributed by atoms with Crippen LogP contribution in [0, 0.1) is 0 Å². The van der Waals surface area contributed by atoms with Gasteiger partial charge in [-0.1, -0.05) is 18.9 Å². The van der Waals surface area contributed by atoms with Crippen molar-refractivity contribution in [1.82, 2.24) is 24.4 Å². The molecule has 5 rings (SSSR count). The van der Waals surface area contributed by atoms with Crippen LogP contribution >= 0.6 is 0 Å². The van der Waals surface area contributed by atoms with E-state index in [1.54, 1.807) is 12.4 Å². The molecular formula is C19H19N5O. The third kappa shape index (κ3) is 2.40. The number of nitrogens with zero attached hydrogens (tertiary/aromatic N) is 5. The zero-order chi connectivity index (χ0) is 16.8. The first-order chi connectivity index (χ1) is 12.3. The molecule has 6 nitrogen and oxygen atoms in total. The van der Waals surface area contributed by atoms with Crippen molar-refractivity contribution in [3.63, 3.8) is 0 Å². The van der Waals surface area contributed by atoms with Gasteiger partial charge in [-0.05, 0) is 30.5 Å². The number of hydrogen-bond donors (Lipinski definition) is 0. The van der Waals surface area contributed by atoms with E-state index < -0.39 is 0 Å². The molecule has 0 atom stereocenters. The number of aromatic nitrogens is 4. The Morgan fingerprint density at radius 1 is 1.12 bits per heavy atom. The number of pyridine rings is 2. The maximum absolute atomic E-state index is 12.8. The van der Waals surface area contributed by atoms with Crippen molar-refractivity contribution in [2.75, 3.05) is 0 Å². The molecule has 3 aromatic heterocycles. The molecule has 0 saturated heterocycles. The van der Waals surface area contributed by atoms with E-state index in [0.717, 1.165) is 22.4 Å². The Bertz CT molecular complexity index is 932. The Kier molecular flexibility index (Phi) is 3.29. The maximum atomic E-state index is 12.8. The van der Waals surface area contributed by atoms with E-state index >= 15 is 0 Å². The van der Waals surface area contributed by atoms with Crippen molar-refractivity contribution in [3.8, 4) is 0 Å². The van der Waals surface area contributed by atoms with E-state index in [4.69, 9.17) is 0 Å². The molecule has 0 unspecified atom stereocenters. The largest absolute Gasteiger partial charge is 0.328 e. The predicted octanol–water partition coefficient (Wildman–Crippen LogP) is 3.10. The highest BCUT2D eigenvalue weighted by Gasteiger charge is 2.26. The van der Waals surface area contributed by atoms with Gasteiger partial charge in [-0.15, -0.1) is 0 Å². The summed E-state index contributed by atoms with van der Waals surface area (Å²) in [7, 11) is 0. The number of rotatable bonds is 2. The molecule has 0 aromatic carbocycles. The van der Waals surface area contributed by atoms with Crippen LogP contribution in [0.4, 0.5) is 0 Å². The van der Waals surface area contributed by atoms with Crippen LogP contribution in [0.3, 0.4) is 0 Å². The Morgan fingerprint density at radius 3 is 2.84 bits per heavy atom. The summed E-state index contributed by atoms with van der Waals surface area (Å²) < 4.78 is 2.17. The zero-order valence-corrected chi connectivity index (χ0v) is 13.9. The van der Waals surface area contributed by atoms with Gasteiger partial charge in [-0.3, -0.25) is 9.78 Å². The Morgan fingerprint density at radius 2 is 2.00 bits per heavy atom. The molecular weight excluding hydrogens is 314 g/mol. The number of amides is 1. The van der Waals surface area contributed by atoms with Crippen LogP contribution in [0.15, 0.2) is 36.9 Å². The summed E-state index contributed by atoms with van der Waals surface area (Å²) in [5, 5.41) is 0. The van der Waals surface area contributed by atoms with Crippen LogP contribution in [-0.4, -0.2) is 30.3 Å². The van der Waals surface area contributed by atoms with Crippen molar-refractivity contribution < 1.29 is 4.79 Å². The van der Waals surface area contributed by atoms with Gasteiger partial charge in [-0.2, -0.15) is 0 Å². The minimum absolute atomic E-state index is 0.0113. The van der Waals surface area contributed by atoms with Crippen molar-refractivity contribution in [2.45, 2.75) is 44.8 Å². The van der Waals surface area contributed by atoms with E-state index in [1.165, 1.54) is 25.7 Å². The van der Waals surface area contributed by atoms with Gasteiger partial charge >= 0.3 is 0 Å². The first kappa shape index (κ1) is 14.6. The van der Waals surface area contributed by atoms with Crippen LogP contribution in [0.25, 0.3) is 11.2 Å². The van der Waals surface area contributed by atoms with Gasteiger partial charge in [0.1, 0.15) is 5.52 Å². The minimum atomic E-state index is -0.0113. The molecule has 126 valence electrons. The van der Waals surface area contributed by atoms with Gasteiger partial charge in [0.15, 0.2) is 5.65 Å². The topological polar surface area (TPSA) is 63.9 Å². The predicted molar refractivity (Wildman–Crippen MR) is 92.8 cm³/mol. The van der Waals surface area contributed by atoms with E-state index in [9.17, 15) is 4.79 Å². The fraction of sp³-hybridized carbons (Fsp3) is 0.368. The molecule has 3 aromatic rings. The number of hydrogen-bond acceptors (Lipinski definition) is 4. The third-order valence-corrected chi connectivity index (χ3v) is 5.35. The lowest BCUT2D eigenvalue weighted by molar-refractivity contribution is 0.0750. The summed E-state index contributed by atoms with van der Waals surface area (Å²) in [5.74, 6) is -0.0113. The van der Waals surface area contributed by atoms with Gasteiger partial charge in [0, 0.05) is 25.0 Å². The number of carbonyl (C=O) groups excluding carboxylic acids is 1. The van der Waals surface area contributed by atoms with Crippen LogP contribution in [0.2, 0.25) is 0 Å². The lowest BCUT2D eigenvalue weighted by atomic mass is 10.2. The summed E-state index contributed by atoms with van der Waals surface area (Å²) in [6, 6.07) is 6.31. The molecule has 1 aliphatic heterocycles. The van der Waals surface area contributed by atoms with Crippen LogP contribution < -0.4 is 0 Å². The van der Waals surface area contributed by atoms with Crippen LogP contribution in [0.1, 0.15) is 53.3 Å². The third-order valence-electron chi connectivity index (χ3n) is 5.35. The fourth-order valence-corrected chi connectivity index (χ4v) is 4.01. The van der Waals surface area contributed by atoms with Gasteiger partial charge < -0.3 is 9.47 Å². The van der Waals surface area contributed by atoms with Gasteiger partial charge in [0.25, 0.3) is 5.91 Å². The van der Waals surface area contributed by atoms with E-state index in [1.807, 2.05) is 29.4 Å². The van der Waals surface area contributed by atoms with Crippen LogP contribution in [0.5, 0.6) is 0 Å². The zero-order valence-electron chi connectivity index (χ0n) is 13.9. The summed E-state index contributed by atoms with van der Waals surface area (Å²) in [5.41, 5.74) is 4.38. The van der Waals surface area contributed by atoms with Crippen molar-refractivity contribution in [3.05, 3.63) is 53.7 Å². The highest BCUT2D eigenvalue weighted by Crippen LogP contribution is 2.31. The molecule has 1 aliphatic carbocycles. The summed E-state index contributed by atoms with van der Waals surface area (Å²) in [6.07, 6.45) is 10.2. The Hall–Kier alpha value is -2.76. The van der Waals surface area contributed by atoms with Crippen molar-refractivity contribution in [1.29, 1.82) is 0 Å². The molecule has 0 N–H and O–H groups in total. The van der Waals surface area contributed by atoms with Gasteiger partial charge in [-0.25, -0.2) is 9.97 Å². The quantitative estimate of drug-likeness (QED) is 0.723. The molecule has 1 amide bonds. The molecule has 25 heavy (non-hydrogen) atoms. The lowest BCUT2D eigenvalue weighted by Gasteiger charge is -2.15. The average molecular weight is 333 g/mol. The lowest BCUT2D eigenvalue weighted by Crippen LogP contribution is -2.25. The van der Waals surface area contributed by atoms with Crippen LogP contribution in [-0.2, 0) is 13.1 Å². The smallest absolute Gasteiger partial charge is 0.256 e. The monoisotopic (exact) mass is 333 g/mol. The molecule has 2 aliphatic rings. The number of imidazole rings is 1. The second-order valence-electron chi connectivity index (χ2n) is 6.93. The molecule has 0 radical (unpaired) electrons. The molecule has 0 spiro atoms. The van der Waals surface area contributed by atoms with E-state index in [-0.39, 0.29) is 5.91 Å². The summed E-state index contributed by atoms with van der Waals surface area (Å²) >= 11 is 0. The van der Waals surface area contributed by atoms with Crippen molar-refractivity contribution >= 4 is 17.1 Å². The Balaban J connectivity index is 1.43. The SMILES string of the molecule is O=C(c1cnc2c(c1)ncn2C1CCCC1)N1Cc2cccnc2C1. The van der Waals surface area contributed by atoms with Gasteiger partial charge in [0.05, 0.1) is 24.1 Å².